The summed E-state index contributed by atoms with van der Waals surface area (Å²) in [5.74, 6) is 1.40. The molecule has 2 heteroatoms. The minimum Gasteiger partial charge on any atom is -0.314 e. The topological polar surface area (TPSA) is 24.9 Å². The van der Waals surface area contributed by atoms with Crippen molar-refractivity contribution < 1.29 is 0 Å². The molecule has 16 heavy (non-hydrogen) atoms. The molecule has 1 heterocycles. The number of likely N-dealkylation sites (N-methyl/N-ethyl adjacent to an activating group) is 1. The van der Waals surface area contributed by atoms with Gasteiger partial charge in [-0.2, -0.15) is 0 Å². The van der Waals surface area contributed by atoms with Crippen molar-refractivity contribution in [2.24, 2.45) is 11.8 Å². The van der Waals surface area contributed by atoms with Gasteiger partial charge in [0.05, 0.1) is 0 Å². The van der Waals surface area contributed by atoms with Gasteiger partial charge in [-0.1, -0.05) is 27.7 Å². The van der Waals surface area contributed by atoms with Crippen LogP contribution in [-0.2, 0) is 6.42 Å². The zero-order chi connectivity index (χ0) is 12.0. The third-order valence-corrected chi connectivity index (χ3v) is 3.36. The third-order valence-electron chi connectivity index (χ3n) is 3.36. The zero-order valence-corrected chi connectivity index (χ0v) is 10.9. The average molecular weight is 220 g/mol. The van der Waals surface area contributed by atoms with E-state index in [-0.39, 0.29) is 0 Å². The summed E-state index contributed by atoms with van der Waals surface area (Å²) in [5, 5.41) is 3.59. The van der Waals surface area contributed by atoms with Crippen LogP contribution in [0.4, 0.5) is 0 Å². The molecule has 2 nitrogen and oxygen atoms in total. The monoisotopic (exact) mass is 220 g/mol. The van der Waals surface area contributed by atoms with Crippen LogP contribution in [0, 0.1) is 11.8 Å². The SMILES string of the molecule is CCNC(Cc1ccncc1)C(C)C(C)C. The van der Waals surface area contributed by atoms with Crippen LogP contribution in [0.25, 0.3) is 0 Å². The molecule has 0 aromatic carbocycles. The largest absolute Gasteiger partial charge is 0.314 e. The number of nitrogens with one attached hydrogen (secondary N) is 1. The molecule has 90 valence electrons. The highest BCUT2D eigenvalue weighted by Crippen LogP contribution is 2.18. The molecule has 1 rings (SSSR count). The Bertz CT molecular complexity index is 282. The fraction of sp³-hybridized carbons (Fsp3) is 0.643. The summed E-state index contributed by atoms with van der Waals surface area (Å²) < 4.78 is 0. The van der Waals surface area contributed by atoms with E-state index in [1.54, 1.807) is 0 Å². The van der Waals surface area contributed by atoms with Gasteiger partial charge in [0.2, 0.25) is 0 Å². The van der Waals surface area contributed by atoms with Gasteiger partial charge < -0.3 is 5.32 Å². The van der Waals surface area contributed by atoms with Crippen molar-refractivity contribution in [3.8, 4) is 0 Å². The second-order valence-corrected chi connectivity index (χ2v) is 4.83. The molecule has 0 aliphatic heterocycles. The van der Waals surface area contributed by atoms with Crippen molar-refractivity contribution in [1.29, 1.82) is 0 Å². The maximum absolute atomic E-state index is 4.06. The molecule has 2 atom stereocenters. The summed E-state index contributed by atoms with van der Waals surface area (Å²) in [6.45, 7) is 10.1. The van der Waals surface area contributed by atoms with E-state index in [1.165, 1.54) is 5.56 Å². The number of nitrogens with zero attached hydrogens (tertiary/aromatic N) is 1. The Hall–Kier alpha value is -0.890. The van der Waals surface area contributed by atoms with Crippen LogP contribution >= 0.6 is 0 Å². The lowest BCUT2D eigenvalue weighted by Gasteiger charge is -2.27. The van der Waals surface area contributed by atoms with Crippen LogP contribution in [0.1, 0.15) is 33.3 Å². The predicted molar refractivity (Wildman–Crippen MR) is 69.4 cm³/mol. The molecule has 0 aliphatic rings. The van der Waals surface area contributed by atoms with Crippen molar-refractivity contribution in [3.63, 3.8) is 0 Å². The fourth-order valence-electron chi connectivity index (χ4n) is 1.94. The van der Waals surface area contributed by atoms with E-state index in [0.717, 1.165) is 13.0 Å². The first-order valence-corrected chi connectivity index (χ1v) is 6.27. The van der Waals surface area contributed by atoms with Gasteiger partial charge in [-0.3, -0.25) is 4.98 Å². The Morgan fingerprint density at radius 3 is 2.31 bits per heavy atom. The van der Waals surface area contributed by atoms with Gasteiger partial charge in [0.25, 0.3) is 0 Å². The van der Waals surface area contributed by atoms with Gasteiger partial charge in [0.1, 0.15) is 0 Å². The average Bonchev–Trinajstić information content (AvgIpc) is 2.29. The smallest absolute Gasteiger partial charge is 0.0270 e. The number of hydrogen-bond donors (Lipinski definition) is 1. The van der Waals surface area contributed by atoms with Crippen LogP contribution in [0.15, 0.2) is 24.5 Å². The van der Waals surface area contributed by atoms with E-state index in [2.05, 4.69) is 50.1 Å². The summed E-state index contributed by atoms with van der Waals surface area (Å²) in [7, 11) is 0. The molecule has 0 bridgehead atoms. The minimum absolute atomic E-state index is 0.562. The lowest BCUT2D eigenvalue weighted by atomic mass is 9.87. The van der Waals surface area contributed by atoms with Crippen LogP contribution in [0.5, 0.6) is 0 Å². The molecule has 2 unspecified atom stereocenters. The molecule has 0 fully saturated rings. The van der Waals surface area contributed by atoms with Crippen molar-refractivity contribution in [2.75, 3.05) is 6.54 Å². The summed E-state index contributed by atoms with van der Waals surface area (Å²) in [5.41, 5.74) is 1.37. The summed E-state index contributed by atoms with van der Waals surface area (Å²) >= 11 is 0. The first kappa shape index (κ1) is 13.2. The summed E-state index contributed by atoms with van der Waals surface area (Å²) in [6, 6.07) is 4.78. The highest BCUT2D eigenvalue weighted by Gasteiger charge is 2.19. The maximum atomic E-state index is 4.06. The van der Waals surface area contributed by atoms with E-state index >= 15 is 0 Å². The summed E-state index contributed by atoms with van der Waals surface area (Å²) in [6.07, 6.45) is 4.84. The molecular weight excluding hydrogens is 196 g/mol. The molecule has 0 saturated carbocycles. The van der Waals surface area contributed by atoms with E-state index < -0.39 is 0 Å². The van der Waals surface area contributed by atoms with Crippen molar-refractivity contribution in [1.82, 2.24) is 10.3 Å². The highest BCUT2D eigenvalue weighted by atomic mass is 14.9. The molecule has 1 aromatic rings. The Morgan fingerprint density at radius 1 is 1.19 bits per heavy atom. The van der Waals surface area contributed by atoms with Crippen LogP contribution in [0.2, 0.25) is 0 Å². The van der Waals surface area contributed by atoms with Crippen LogP contribution in [0.3, 0.4) is 0 Å². The Labute approximate surface area is 99.5 Å². The Balaban J connectivity index is 2.64. The lowest BCUT2D eigenvalue weighted by Crippen LogP contribution is -2.38. The first-order chi connectivity index (χ1) is 7.65. The first-order valence-electron chi connectivity index (χ1n) is 6.27. The minimum atomic E-state index is 0.562. The normalized spacial score (nSPS) is 15.1. The van der Waals surface area contributed by atoms with Gasteiger partial charge in [-0.15, -0.1) is 0 Å². The molecule has 0 spiro atoms. The van der Waals surface area contributed by atoms with Gasteiger partial charge in [-0.05, 0) is 42.5 Å². The maximum Gasteiger partial charge on any atom is 0.0270 e. The van der Waals surface area contributed by atoms with Crippen LogP contribution in [-0.4, -0.2) is 17.6 Å². The number of hydrogen-bond acceptors (Lipinski definition) is 2. The lowest BCUT2D eigenvalue weighted by molar-refractivity contribution is 0.300. The van der Waals surface area contributed by atoms with Crippen molar-refractivity contribution in [2.45, 2.75) is 40.2 Å². The van der Waals surface area contributed by atoms with E-state index in [9.17, 15) is 0 Å². The highest BCUT2D eigenvalue weighted by molar-refractivity contribution is 5.11. The number of rotatable bonds is 6. The molecular formula is C14H24N2. The second-order valence-electron chi connectivity index (χ2n) is 4.83. The summed E-state index contributed by atoms with van der Waals surface area (Å²) in [4.78, 5) is 4.06. The zero-order valence-electron chi connectivity index (χ0n) is 10.9. The molecule has 1 N–H and O–H groups in total. The predicted octanol–water partition coefficient (Wildman–Crippen LogP) is 2.89. The molecule has 0 radical (unpaired) electrons. The van der Waals surface area contributed by atoms with Gasteiger partial charge >= 0.3 is 0 Å². The molecule has 0 aliphatic carbocycles. The second kappa shape index (κ2) is 6.64. The third kappa shape index (κ3) is 3.93. The standard InChI is InChI=1S/C14H24N2/c1-5-16-14(12(4)11(2)3)10-13-6-8-15-9-7-13/h6-9,11-12,14,16H,5,10H2,1-4H3. The quantitative estimate of drug-likeness (QED) is 0.797. The molecule has 0 amide bonds. The molecule has 0 saturated heterocycles. The van der Waals surface area contributed by atoms with Gasteiger partial charge in [-0.25, -0.2) is 0 Å². The number of aromatic nitrogens is 1. The van der Waals surface area contributed by atoms with Gasteiger partial charge in [0.15, 0.2) is 0 Å². The van der Waals surface area contributed by atoms with E-state index in [1.807, 2.05) is 12.4 Å². The van der Waals surface area contributed by atoms with Crippen molar-refractivity contribution in [3.05, 3.63) is 30.1 Å². The number of pyridine rings is 1. The van der Waals surface area contributed by atoms with Gasteiger partial charge in [0, 0.05) is 18.4 Å². The van der Waals surface area contributed by atoms with E-state index in [4.69, 9.17) is 0 Å². The van der Waals surface area contributed by atoms with Crippen molar-refractivity contribution >= 4 is 0 Å². The van der Waals surface area contributed by atoms with Crippen LogP contribution < -0.4 is 5.32 Å². The van der Waals surface area contributed by atoms with E-state index in [0.29, 0.717) is 17.9 Å². The fourth-order valence-corrected chi connectivity index (χ4v) is 1.94. The Kier molecular flexibility index (Phi) is 5.47. The molecule has 1 aromatic heterocycles. The Morgan fingerprint density at radius 2 is 1.81 bits per heavy atom.